The number of hydrogen-bond donors (Lipinski definition) is 4. The molecular weight excluding hydrogens is 680 g/mol. The Kier molecular flexibility index (Phi) is 13.1. The van der Waals surface area contributed by atoms with E-state index in [1.807, 2.05) is 30.3 Å². The second-order valence-corrected chi connectivity index (χ2v) is 12.7. The third-order valence-corrected chi connectivity index (χ3v) is 9.19. The lowest BCUT2D eigenvalue weighted by Gasteiger charge is -2.19. The number of aromatic amines is 1. The first kappa shape index (κ1) is 38.4. The fourth-order valence-electron chi connectivity index (χ4n) is 6.61. The average molecular weight is 729 g/mol. The summed E-state index contributed by atoms with van der Waals surface area (Å²) in [6, 6.07) is 12.6. The van der Waals surface area contributed by atoms with Crippen LogP contribution in [-0.4, -0.2) is 69.1 Å². The molecule has 2 amide bonds. The highest BCUT2D eigenvalue weighted by atomic mass is 16.5. The van der Waals surface area contributed by atoms with Crippen molar-refractivity contribution in [1.29, 1.82) is 0 Å². The minimum Gasteiger partial charge on any atom is -0.493 e. The van der Waals surface area contributed by atoms with Crippen molar-refractivity contribution in [2.75, 3.05) is 52.7 Å². The van der Waals surface area contributed by atoms with E-state index in [0.29, 0.717) is 90.9 Å². The van der Waals surface area contributed by atoms with Gasteiger partial charge in [-0.2, -0.15) is 4.98 Å². The van der Waals surface area contributed by atoms with Crippen molar-refractivity contribution in [3.05, 3.63) is 75.2 Å². The van der Waals surface area contributed by atoms with Crippen molar-refractivity contribution in [3.63, 3.8) is 0 Å². The number of benzene rings is 2. The Bertz CT molecular complexity index is 1980. The van der Waals surface area contributed by atoms with Crippen LogP contribution in [0.1, 0.15) is 67.6 Å². The minimum absolute atomic E-state index is 0.166. The Morgan fingerprint density at radius 3 is 2.34 bits per heavy atom. The lowest BCUT2D eigenvalue weighted by molar-refractivity contribution is -0.119. The molecule has 0 spiro atoms. The van der Waals surface area contributed by atoms with Crippen LogP contribution in [0.2, 0.25) is 0 Å². The van der Waals surface area contributed by atoms with Crippen molar-refractivity contribution < 1.29 is 33.3 Å². The molecule has 0 unspecified atom stereocenters. The first-order valence-electron chi connectivity index (χ1n) is 17.6. The van der Waals surface area contributed by atoms with Gasteiger partial charge in [-0.15, -0.1) is 5.10 Å². The summed E-state index contributed by atoms with van der Waals surface area (Å²) in [7, 11) is 7.90. The van der Waals surface area contributed by atoms with E-state index in [0.717, 1.165) is 35.1 Å². The summed E-state index contributed by atoms with van der Waals surface area (Å²) in [4.78, 5) is 42.7. The first-order valence-corrected chi connectivity index (χ1v) is 17.6. The number of anilines is 2. The Hall–Kier alpha value is -5.79. The fraction of sp³-hybridized carbons (Fsp3) is 0.410. The number of fused-ring (bicyclic) bond motifs is 3. The normalized spacial score (nSPS) is 13.1. The summed E-state index contributed by atoms with van der Waals surface area (Å²) in [5, 5.41) is 16.1. The smallest absolute Gasteiger partial charge is 0.248 e. The number of carbonyl (C=O) groups is 2. The van der Waals surface area contributed by atoms with Gasteiger partial charge in [-0.3, -0.25) is 24.8 Å². The van der Waals surface area contributed by atoms with Gasteiger partial charge >= 0.3 is 0 Å². The summed E-state index contributed by atoms with van der Waals surface area (Å²) in [5.74, 6) is 3.38. The molecule has 1 aromatic heterocycles. The molecule has 1 atom stereocenters. The van der Waals surface area contributed by atoms with E-state index in [-0.39, 0.29) is 29.2 Å². The van der Waals surface area contributed by atoms with Gasteiger partial charge in [-0.25, -0.2) is 0 Å². The number of rotatable bonds is 17. The number of aryl methyl sites for hydroxylation is 3. The van der Waals surface area contributed by atoms with Crippen LogP contribution in [0, 0.1) is 0 Å². The van der Waals surface area contributed by atoms with Gasteiger partial charge in [0.1, 0.15) is 5.82 Å². The van der Waals surface area contributed by atoms with Crippen LogP contribution in [0.25, 0.3) is 11.1 Å². The highest BCUT2D eigenvalue weighted by molar-refractivity contribution is 5.88. The quantitative estimate of drug-likeness (QED) is 0.103. The Morgan fingerprint density at radius 2 is 1.62 bits per heavy atom. The maximum atomic E-state index is 13.5. The highest BCUT2D eigenvalue weighted by Crippen LogP contribution is 2.50. The van der Waals surface area contributed by atoms with E-state index in [1.54, 1.807) is 47.7 Å². The summed E-state index contributed by atoms with van der Waals surface area (Å²) >= 11 is 0. The number of methoxy groups -OCH3 is 5. The van der Waals surface area contributed by atoms with Crippen molar-refractivity contribution in [2.24, 2.45) is 0 Å². The van der Waals surface area contributed by atoms with Gasteiger partial charge in [0, 0.05) is 31.9 Å². The monoisotopic (exact) mass is 728 g/mol. The molecule has 1 heterocycles. The molecule has 53 heavy (non-hydrogen) atoms. The zero-order valence-corrected chi connectivity index (χ0v) is 31.1. The lowest BCUT2D eigenvalue weighted by Crippen LogP contribution is -2.26. The summed E-state index contributed by atoms with van der Waals surface area (Å²) < 4.78 is 27.8. The van der Waals surface area contributed by atoms with Crippen LogP contribution >= 0.6 is 0 Å². The van der Waals surface area contributed by atoms with Gasteiger partial charge in [0.25, 0.3) is 0 Å². The molecule has 4 N–H and O–H groups in total. The van der Waals surface area contributed by atoms with Gasteiger partial charge in [-0.05, 0) is 84.7 Å². The molecule has 4 aromatic rings. The predicted octanol–water partition coefficient (Wildman–Crippen LogP) is 5.39. The number of ether oxygens (including phenoxy) is 5. The van der Waals surface area contributed by atoms with Gasteiger partial charge < -0.3 is 34.3 Å². The van der Waals surface area contributed by atoms with Crippen molar-refractivity contribution in [1.82, 2.24) is 20.5 Å². The van der Waals surface area contributed by atoms with Crippen LogP contribution in [0.15, 0.2) is 47.3 Å². The number of aromatic nitrogens is 3. The maximum Gasteiger partial charge on any atom is 0.248 e. The number of hydrogen-bond acceptors (Lipinski definition) is 11. The SMILES string of the molecule is COc1ccc(CCc2nc(NC(=O)CCCCCNc3ccc4c(cc3=O)[C@@H](NC(C)=O)CCc3cc(OC)c(OC)c(OC)c3-4)n[nH]2)cc1OC. The zero-order chi connectivity index (χ0) is 37.9. The van der Waals surface area contributed by atoms with Crippen LogP contribution in [0.4, 0.5) is 11.6 Å². The topological polar surface area (TPSA) is 175 Å². The molecule has 0 saturated carbocycles. The van der Waals surface area contributed by atoms with Crippen LogP contribution < -0.4 is 45.1 Å². The fourth-order valence-corrected chi connectivity index (χ4v) is 6.61. The van der Waals surface area contributed by atoms with Gasteiger partial charge in [0.05, 0.1) is 47.3 Å². The van der Waals surface area contributed by atoms with Gasteiger partial charge in [0.15, 0.2) is 23.0 Å². The molecule has 14 heteroatoms. The van der Waals surface area contributed by atoms with E-state index in [1.165, 1.54) is 6.92 Å². The van der Waals surface area contributed by atoms with E-state index in [4.69, 9.17) is 23.7 Å². The summed E-state index contributed by atoms with van der Waals surface area (Å²) in [5.41, 5.74) is 4.52. The lowest BCUT2D eigenvalue weighted by atomic mass is 9.95. The number of unbranched alkanes of at least 4 members (excludes halogenated alkanes) is 2. The number of H-pyrrole nitrogens is 1. The molecule has 282 valence electrons. The molecule has 0 bridgehead atoms. The molecule has 0 aliphatic heterocycles. The van der Waals surface area contributed by atoms with Crippen LogP contribution in [0.5, 0.6) is 28.7 Å². The summed E-state index contributed by atoms with van der Waals surface area (Å²) in [6.07, 6.45) is 5.00. The Labute approximate surface area is 308 Å². The number of nitrogens with one attached hydrogen (secondary N) is 4. The number of nitrogens with zero attached hydrogens (tertiary/aromatic N) is 2. The van der Waals surface area contributed by atoms with Crippen molar-refractivity contribution in [3.8, 4) is 39.9 Å². The standard InChI is InChI=1S/C39H48N6O8/c1-23(46)41-28-15-13-25-21-33(51-4)37(52-5)38(53-6)36(25)26-14-16-29(30(47)22-27(26)28)40-19-9-7-8-10-35(48)43-39-42-34(44-45-39)18-12-24-11-17-31(49-2)32(20-24)50-3/h11,14,16-17,20-22,28H,7-10,12-13,15,18-19H2,1-6H3,(H,40,47)(H,41,46)(H2,42,43,44,45,48)/t28-/m0/s1. The largest absolute Gasteiger partial charge is 0.493 e. The van der Waals surface area contributed by atoms with E-state index >= 15 is 0 Å². The van der Waals surface area contributed by atoms with Crippen LogP contribution in [-0.2, 0) is 28.9 Å². The minimum atomic E-state index is -0.386. The third-order valence-electron chi connectivity index (χ3n) is 9.19. The average Bonchev–Trinajstić information content (AvgIpc) is 3.47. The van der Waals surface area contributed by atoms with Crippen LogP contribution in [0.3, 0.4) is 0 Å². The molecule has 1 aliphatic rings. The Balaban J connectivity index is 1.16. The molecule has 5 rings (SSSR count). The van der Waals surface area contributed by atoms with E-state index < -0.39 is 0 Å². The van der Waals surface area contributed by atoms with Gasteiger partial charge in [-0.1, -0.05) is 18.6 Å². The molecule has 0 radical (unpaired) electrons. The third kappa shape index (κ3) is 9.36. The zero-order valence-electron chi connectivity index (χ0n) is 31.1. The van der Waals surface area contributed by atoms with Crippen molar-refractivity contribution in [2.45, 2.75) is 64.3 Å². The van der Waals surface area contributed by atoms with Gasteiger partial charge in [0.2, 0.25) is 28.9 Å². The molecule has 0 fully saturated rings. The number of carbonyl (C=O) groups excluding carboxylic acids is 2. The maximum absolute atomic E-state index is 13.5. The van der Waals surface area contributed by atoms with E-state index in [2.05, 4.69) is 31.1 Å². The first-order chi connectivity index (χ1) is 25.7. The molecular formula is C39H48N6O8. The molecule has 3 aromatic carbocycles. The molecule has 14 nitrogen and oxygen atoms in total. The molecule has 0 saturated heterocycles. The predicted molar refractivity (Wildman–Crippen MR) is 202 cm³/mol. The van der Waals surface area contributed by atoms with E-state index in [9.17, 15) is 14.4 Å². The second kappa shape index (κ2) is 18.1. The number of amides is 2. The second-order valence-electron chi connectivity index (χ2n) is 12.7. The molecule has 1 aliphatic carbocycles. The Morgan fingerprint density at radius 1 is 0.849 bits per heavy atom. The highest BCUT2D eigenvalue weighted by Gasteiger charge is 2.29. The van der Waals surface area contributed by atoms with Crippen molar-refractivity contribution >= 4 is 23.5 Å². The summed E-state index contributed by atoms with van der Waals surface area (Å²) in [6.45, 7) is 2.01.